The largest absolute Gasteiger partial charge is 0.396 e. The normalized spacial score (nSPS) is 17.5. The van der Waals surface area contributed by atoms with Gasteiger partial charge in [-0.2, -0.15) is 0 Å². The van der Waals surface area contributed by atoms with Crippen molar-refractivity contribution >= 4 is 0 Å². The average molecular weight is 434 g/mol. The number of benzene rings is 3. The van der Waals surface area contributed by atoms with Crippen LogP contribution in [0.2, 0.25) is 0 Å². The molecule has 4 rings (SSSR count). The van der Waals surface area contributed by atoms with Gasteiger partial charge in [-0.25, -0.2) is 4.90 Å². The first kappa shape index (κ1) is 22.6. The van der Waals surface area contributed by atoms with Crippen molar-refractivity contribution in [2.75, 3.05) is 33.9 Å². The Balaban J connectivity index is 1.93. The van der Waals surface area contributed by atoms with Crippen molar-refractivity contribution in [3.05, 3.63) is 108 Å². The topological polar surface area (TPSA) is 51.2 Å². The van der Waals surface area contributed by atoms with Gasteiger partial charge in [-0.1, -0.05) is 91.0 Å². The number of aliphatic hydroxyl groups excluding tert-OH is 1. The van der Waals surface area contributed by atoms with Gasteiger partial charge in [0.05, 0.1) is 0 Å². The molecular formula is C27H31NO4. The van der Waals surface area contributed by atoms with E-state index in [2.05, 4.69) is 36.4 Å². The SMILES string of the molecule is COC(OC)(OC(c1ccccc1)(c1ccccc1)c1ccccc1)N1CCC(CO)C1. The fraction of sp³-hybridized carbons (Fsp3) is 0.333. The third-order valence-electron chi connectivity index (χ3n) is 6.27. The minimum atomic E-state index is -1.44. The van der Waals surface area contributed by atoms with E-state index in [1.165, 1.54) is 0 Å². The van der Waals surface area contributed by atoms with Crippen LogP contribution in [0.25, 0.3) is 0 Å². The molecule has 1 atom stereocenters. The molecule has 32 heavy (non-hydrogen) atoms. The summed E-state index contributed by atoms with van der Waals surface area (Å²) in [5, 5.41) is 9.71. The first-order valence-electron chi connectivity index (χ1n) is 11.0. The highest BCUT2D eigenvalue weighted by Crippen LogP contribution is 2.45. The van der Waals surface area contributed by atoms with Gasteiger partial charge < -0.3 is 14.6 Å². The highest BCUT2D eigenvalue weighted by Gasteiger charge is 2.51. The third-order valence-corrected chi connectivity index (χ3v) is 6.27. The molecule has 0 radical (unpaired) electrons. The smallest absolute Gasteiger partial charge is 0.354 e. The first-order chi connectivity index (χ1) is 15.7. The molecular weight excluding hydrogens is 402 g/mol. The van der Waals surface area contributed by atoms with Crippen LogP contribution in [0.15, 0.2) is 91.0 Å². The Morgan fingerprint density at radius 3 is 1.56 bits per heavy atom. The highest BCUT2D eigenvalue weighted by atomic mass is 16.9. The zero-order chi connectivity index (χ0) is 22.4. The highest BCUT2D eigenvalue weighted by molar-refractivity contribution is 5.47. The Bertz CT molecular complexity index is 864. The van der Waals surface area contributed by atoms with Crippen LogP contribution in [0, 0.1) is 5.92 Å². The van der Waals surface area contributed by atoms with Crippen molar-refractivity contribution in [1.29, 1.82) is 0 Å². The average Bonchev–Trinajstić information content (AvgIpc) is 3.37. The number of ether oxygens (including phenoxy) is 3. The van der Waals surface area contributed by atoms with Crippen molar-refractivity contribution < 1.29 is 19.3 Å². The second-order valence-electron chi connectivity index (χ2n) is 8.10. The maximum atomic E-state index is 9.71. The minimum absolute atomic E-state index is 0.126. The number of nitrogens with zero attached hydrogens (tertiary/aromatic N) is 1. The molecule has 0 saturated carbocycles. The minimum Gasteiger partial charge on any atom is -0.396 e. The van der Waals surface area contributed by atoms with Crippen LogP contribution in [-0.4, -0.2) is 50.0 Å². The second-order valence-corrected chi connectivity index (χ2v) is 8.10. The molecule has 3 aromatic rings. The lowest BCUT2D eigenvalue weighted by molar-refractivity contribution is -0.450. The summed E-state index contributed by atoms with van der Waals surface area (Å²) in [5.74, 6) is 0.155. The number of hydrogen-bond donors (Lipinski definition) is 1. The van der Waals surface area contributed by atoms with E-state index in [0.717, 1.165) is 23.1 Å². The molecule has 0 aromatic heterocycles. The lowest BCUT2D eigenvalue weighted by Crippen LogP contribution is -2.57. The van der Waals surface area contributed by atoms with Crippen molar-refractivity contribution in [3.8, 4) is 0 Å². The van der Waals surface area contributed by atoms with Crippen LogP contribution in [0.5, 0.6) is 0 Å². The van der Waals surface area contributed by atoms with E-state index in [-0.39, 0.29) is 12.5 Å². The number of methoxy groups -OCH3 is 2. The molecule has 5 heteroatoms. The zero-order valence-electron chi connectivity index (χ0n) is 18.7. The number of rotatable bonds is 9. The van der Waals surface area contributed by atoms with Gasteiger partial charge in [0.1, 0.15) is 0 Å². The van der Waals surface area contributed by atoms with Gasteiger partial charge in [0.25, 0.3) is 0 Å². The maximum Gasteiger partial charge on any atom is 0.354 e. The van der Waals surface area contributed by atoms with E-state index < -0.39 is 11.7 Å². The molecule has 0 bridgehead atoms. The van der Waals surface area contributed by atoms with E-state index in [4.69, 9.17) is 14.2 Å². The predicted molar refractivity (Wildman–Crippen MR) is 124 cm³/mol. The van der Waals surface area contributed by atoms with Crippen LogP contribution in [-0.2, 0) is 19.8 Å². The van der Waals surface area contributed by atoms with E-state index in [0.29, 0.717) is 13.1 Å². The van der Waals surface area contributed by atoms with Crippen LogP contribution < -0.4 is 0 Å². The summed E-state index contributed by atoms with van der Waals surface area (Å²) in [5.41, 5.74) is 1.91. The maximum absolute atomic E-state index is 9.71. The van der Waals surface area contributed by atoms with Crippen LogP contribution in [0.3, 0.4) is 0 Å². The van der Waals surface area contributed by atoms with Gasteiger partial charge in [0.2, 0.25) is 0 Å². The van der Waals surface area contributed by atoms with Gasteiger partial charge in [-0.3, -0.25) is 4.74 Å². The van der Waals surface area contributed by atoms with Gasteiger partial charge in [0, 0.05) is 33.9 Å². The number of hydrogen-bond acceptors (Lipinski definition) is 5. The lowest BCUT2D eigenvalue weighted by Gasteiger charge is -2.46. The van der Waals surface area contributed by atoms with Gasteiger partial charge in [0.15, 0.2) is 5.60 Å². The van der Waals surface area contributed by atoms with Crippen LogP contribution >= 0.6 is 0 Å². The molecule has 5 nitrogen and oxygen atoms in total. The molecule has 0 spiro atoms. The summed E-state index contributed by atoms with van der Waals surface area (Å²) in [6.45, 7) is 1.44. The summed E-state index contributed by atoms with van der Waals surface area (Å²) < 4.78 is 19.0. The lowest BCUT2D eigenvalue weighted by atomic mass is 9.80. The summed E-state index contributed by atoms with van der Waals surface area (Å²) in [6, 6.07) is 30.5. The molecule has 1 unspecified atom stereocenters. The number of likely N-dealkylation sites (tertiary alicyclic amines) is 1. The van der Waals surface area contributed by atoms with Crippen LogP contribution in [0.4, 0.5) is 0 Å². The standard InChI is InChI=1S/C27H31NO4/c1-30-27(31-2,28-19-18-22(20-28)21-29)32-26(23-12-6-3-7-13-23,24-14-8-4-9-15-24)25-16-10-5-11-17-25/h3-17,22,29H,18-21H2,1-2H3. The summed E-state index contributed by atoms with van der Waals surface area (Å²) >= 11 is 0. The van der Waals surface area contributed by atoms with Crippen molar-refractivity contribution in [2.24, 2.45) is 5.92 Å². The molecule has 168 valence electrons. The Labute approximate surface area is 190 Å². The van der Waals surface area contributed by atoms with Gasteiger partial charge >= 0.3 is 6.10 Å². The molecule has 1 N–H and O–H groups in total. The summed E-state index contributed by atoms with van der Waals surface area (Å²) in [4.78, 5) is 2.03. The predicted octanol–water partition coefficient (Wildman–Crippen LogP) is 4.21. The van der Waals surface area contributed by atoms with Crippen molar-refractivity contribution in [3.63, 3.8) is 0 Å². The van der Waals surface area contributed by atoms with Crippen molar-refractivity contribution in [1.82, 2.24) is 4.90 Å². The molecule has 0 amide bonds. The summed E-state index contributed by atoms with van der Waals surface area (Å²) in [6.07, 6.45) is -0.589. The second kappa shape index (κ2) is 9.94. The Morgan fingerprint density at radius 1 is 0.781 bits per heavy atom. The molecule has 1 aliphatic rings. The molecule has 1 aliphatic heterocycles. The molecule has 1 heterocycles. The Kier molecular flexibility index (Phi) is 7.04. The molecule has 1 fully saturated rings. The molecule has 0 aliphatic carbocycles. The Morgan fingerprint density at radius 2 is 1.22 bits per heavy atom. The van der Waals surface area contributed by atoms with Crippen LogP contribution in [0.1, 0.15) is 23.1 Å². The molecule has 3 aromatic carbocycles. The fourth-order valence-corrected chi connectivity index (χ4v) is 4.61. The van der Waals surface area contributed by atoms with E-state index in [9.17, 15) is 5.11 Å². The molecule has 1 saturated heterocycles. The van der Waals surface area contributed by atoms with Crippen molar-refractivity contribution in [2.45, 2.75) is 18.1 Å². The fourth-order valence-electron chi connectivity index (χ4n) is 4.61. The zero-order valence-corrected chi connectivity index (χ0v) is 18.7. The van der Waals surface area contributed by atoms with Gasteiger partial charge in [-0.05, 0) is 29.0 Å². The third kappa shape index (κ3) is 4.10. The summed E-state index contributed by atoms with van der Waals surface area (Å²) in [7, 11) is 3.20. The quantitative estimate of drug-likeness (QED) is 0.405. The Hall–Kier alpha value is -2.54. The first-order valence-corrected chi connectivity index (χ1v) is 11.0. The van der Waals surface area contributed by atoms with E-state index in [1.807, 2.05) is 59.5 Å². The van der Waals surface area contributed by atoms with E-state index >= 15 is 0 Å². The van der Waals surface area contributed by atoms with E-state index in [1.54, 1.807) is 14.2 Å². The van der Waals surface area contributed by atoms with Gasteiger partial charge in [-0.15, -0.1) is 0 Å². The number of aliphatic hydroxyl groups is 1. The monoisotopic (exact) mass is 433 g/mol.